The standard InChI is InChI=1S/C34H42N2O6S/c1-4-25-18-28(23-42-22-26-11-6-5-7-12-26)36(20-25)21-27-14-15-30(31(19-27)29-13-9-8-10-24(29)2)33(37)35-32(34(38)39)16-17-43(3,40)41/h5-15,19,25,28,32H,4,16-18,20-23H2,1-3H3,(H,35,37)(H,38,39)/t25-,28+,32-/m0/s1. The summed E-state index contributed by atoms with van der Waals surface area (Å²) in [4.78, 5) is 27.8. The maximum atomic E-state index is 13.5. The highest BCUT2D eigenvalue weighted by molar-refractivity contribution is 7.90. The topological polar surface area (TPSA) is 113 Å². The van der Waals surface area contributed by atoms with Crippen LogP contribution in [0.1, 0.15) is 53.2 Å². The minimum absolute atomic E-state index is 0.209. The Morgan fingerprint density at radius 3 is 2.42 bits per heavy atom. The second kappa shape index (κ2) is 14.8. The summed E-state index contributed by atoms with van der Waals surface area (Å²) < 4.78 is 29.4. The normalized spacial score (nSPS) is 17.9. The van der Waals surface area contributed by atoms with Crippen molar-refractivity contribution in [2.75, 3.05) is 25.2 Å². The number of nitrogens with zero attached hydrogens (tertiary/aromatic N) is 1. The van der Waals surface area contributed by atoms with Crippen molar-refractivity contribution in [3.05, 3.63) is 95.1 Å². The zero-order valence-electron chi connectivity index (χ0n) is 25.2. The Morgan fingerprint density at radius 1 is 1.02 bits per heavy atom. The van der Waals surface area contributed by atoms with Gasteiger partial charge >= 0.3 is 5.97 Å². The summed E-state index contributed by atoms with van der Waals surface area (Å²) in [6.45, 7) is 7.08. The summed E-state index contributed by atoms with van der Waals surface area (Å²) in [6, 6.07) is 22.6. The van der Waals surface area contributed by atoms with Crippen LogP contribution in [0.4, 0.5) is 0 Å². The second-order valence-corrected chi connectivity index (χ2v) is 13.8. The van der Waals surface area contributed by atoms with Gasteiger partial charge in [-0.1, -0.05) is 74.0 Å². The molecule has 0 spiro atoms. The van der Waals surface area contributed by atoms with Crippen molar-refractivity contribution in [2.24, 2.45) is 5.92 Å². The number of carboxylic acid groups (broad SMARTS) is 1. The molecule has 2 N–H and O–H groups in total. The second-order valence-electron chi connectivity index (χ2n) is 11.6. The fraction of sp³-hybridized carbons (Fsp3) is 0.412. The molecule has 0 radical (unpaired) electrons. The third-order valence-electron chi connectivity index (χ3n) is 8.14. The van der Waals surface area contributed by atoms with Crippen LogP contribution >= 0.6 is 0 Å². The lowest BCUT2D eigenvalue weighted by atomic mass is 9.93. The predicted molar refractivity (Wildman–Crippen MR) is 169 cm³/mol. The average molecular weight is 607 g/mol. The number of hydrogen-bond donors (Lipinski definition) is 2. The molecule has 4 rings (SSSR count). The van der Waals surface area contributed by atoms with E-state index in [0.717, 1.165) is 47.9 Å². The SMILES string of the molecule is CC[C@H]1C[C@H](COCc2ccccc2)N(Cc2ccc(C(=O)N[C@@H](CCS(C)(=O)=O)C(=O)O)c(-c3ccccc3C)c2)C1. The summed E-state index contributed by atoms with van der Waals surface area (Å²) >= 11 is 0. The molecule has 0 aromatic heterocycles. The highest BCUT2D eigenvalue weighted by atomic mass is 32.2. The van der Waals surface area contributed by atoms with Crippen LogP contribution in [0, 0.1) is 12.8 Å². The van der Waals surface area contributed by atoms with E-state index in [4.69, 9.17) is 4.74 Å². The number of carbonyl (C=O) groups is 2. The molecule has 8 nitrogen and oxygen atoms in total. The molecule has 1 aliphatic rings. The Bertz CT molecular complexity index is 1510. The zero-order chi connectivity index (χ0) is 31.0. The largest absolute Gasteiger partial charge is 0.480 e. The molecule has 0 bridgehead atoms. The number of carbonyl (C=O) groups excluding carboxylic acids is 1. The highest BCUT2D eigenvalue weighted by Gasteiger charge is 2.31. The lowest BCUT2D eigenvalue weighted by molar-refractivity contribution is -0.139. The van der Waals surface area contributed by atoms with E-state index >= 15 is 0 Å². The van der Waals surface area contributed by atoms with E-state index in [1.54, 1.807) is 6.07 Å². The summed E-state index contributed by atoms with van der Waals surface area (Å²) in [5, 5.41) is 12.2. The van der Waals surface area contributed by atoms with Gasteiger partial charge in [-0.05, 0) is 65.6 Å². The Labute approximate surface area is 255 Å². The van der Waals surface area contributed by atoms with Crippen LogP contribution < -0.4 is 5.32 Å². The van der Waals surface area contributed by atoms with Crippen LogP contribution in [0.3, 0.4) is 0 Å². The molecule has 0 aliphatic carbocycles. The minimum atomic E-state index is -3.39. The van der Waals surface area contributed by atoms with Crippen LogP contribution in [-0.4, -0.2) is 67.5 Å². The van der Waals surface area contributed by atoms with E-state index < -0.39 is 27.8 Å². The maximum Gasteiger partial charge on any atom is 0.326 e. The fourth-order valence-corrected chi connectivity index (χ4v) is 6.35. The molecule has 1 fully saturated rings. The average Bonchev–Trinajstić information content (AvgIpc) is 3.36. The van der Waals surface area contributed by atoms with Crippen LogP contribution in [0.25, 0.3) is 11.1 Å². The molecule has 43 heavy (non-hydrogen) atoms. The van der Waals surface area contributed by atoms with Gasteiger partial charge in [-0.15, -0.1) is 0 Å². The summed E-state index contributed by atoms with van der Waals surface area (Å²) in [7, 11) is -3.39. The number of aliphatic carboxylic acids is 1. The smallest absolute Gasteiger partial charge is 0.326 e. The Balaban J connectivity index is 1.56. The quantitative estimate of drug-likeness (QED) is 0.263. The van der Waals surface area contributed by atoms with Crippen LogP contribution in [0.5, 0.6) is 0 Å². The molecule has 3 atom stereocenters. The molecule has 1 aliphatic heterocycles. The van der Waals surface area contributed by atoms with Crippen molar-refractivity contribution in [1.29, 1.82) is 0 Å². The lowest BCUT2D eigenvalue weighted by Gasteiger charge is -2.25. The van der Waals surface area contributed by atoms with Gasteiger partial charge in [0.2, 0.25) is 0 Å². The summed E-state index contributed by atoms with van der Waals surface area (Å²) in [6.07, 6.45) is 3.01. The molecule has 9 heteroatoms. The molecule has 3 aromatic rings. The molecule has 1 heterocycles. The number of likely N-dealkylation sites (tertiary alicyclic amines) is 1. The first-order chi connectivity index (χ1) is 20.5. The van der Waals surface area contributed by atoms with Gasteiger partial charge in [0.1, 0.15) is 15.9 Å². The van der Waals surface area contributed by atoms with Crippen molar-refractivity contribution in [3.63, 3.8) is 0 Å². The lowest BCUT2D eigenvalue weighted by Crippen LogP contribution is -2.42. The molecular formula is C34H42N2O6S. The van der Waals surface area contributed by atoms with Gasteiger partial charge in [-0.3, -0.25) is 9.69 Å². The van der Waals surface area contributed by atoms with Gasteiger partial charge in [0.25, 0.3) is 5.91 Å². The Hall–Kier alpha value is -3.53. The van der Waals surface area contributed by atoms with Crippen molar-refractivity contribution >= 4 is 21.7 Å². The number of benzene rings is 3. The number of nitrogens with one attached hydrogen (secondary N) is 1. The summed E-state index contributed by atoms with van der Waals surface area (Å²) in [5.74, 6) is -1.57. The number of hydrogen-bond acceptors (Lipinski definition) is 6. The highest BCUT2D eigenvalue weighted by Crippen LogP contribution is 2.31. The van der Waals surface area contributed by atoms with E-state index in [1.165, 1.54) is 0 Å². The van der Waals surface area contributed by atoms with E-state index in [1.807, 2.05) is 61.5 Å². The predicted octanol–water partition coefficient (Wildman–Crippen LogP) is 5.10. The molecule has 1 saturated heterocycles. The Kier molecular flexibility index (Phi) is 11.1. The van der Waals surface area contributed by atoms with Gasteiger partial charge in [0, 0.05) is 31.0 Å². The molecule has 230 valence electrons. The van der Waals surface area contributed by atoms with Crippen molar-refractivity contribution in [2.45, 2.75) is 58.3 Å². The number of rotatable bonds is 14. The third kappa shape index (κ3) is 9.23. The third-order valence-corrected chi connectivity index (χ3v) is 9.12. The van der Waals surface area contributed by atoms with Crippen molar-refractivity contribution in [3.8, 4) is 11.1 Å². The van der Waals surface area contributed by atoms with Gasteiger partial charge in [0.05, 0.1) is 19.0 Å². The summed E-state index contributed by atoms with van der Waals surface area (Å²) in [5.41, 5.74) is 5.12. The first kappa shape index (κ1) is 32.4. The first-order valence-corrected chi connectivity index (χ1v) is 16.9. The van der Waals surface area contributed by atoms with Gasteiger partial charge in [-0.25, -0.2) is 13.2 Å². The fourth-order valence-electron chi connectivity index (χ4n) is 5.68. The zero-order valence-corrected chi connectivity index (χ0v) is 26.0. The van der Waals surface area contributed by atoms with Crippen LogP contribution in [-0.2, 0) is 32.5 Å². The molecule has 0 saturated carbocycles. The molecule has 0 unspecified atom stereocenters. The molecular weight excluding hydrogens is 564 g/mol. The van der Waals surface area contributed by atoms with Gasteiger partial charge in [0.15, 0.2) is 0 Å². The number of ether oxygens (including phenoxy) is 1. The first-order valence-electron chi connectivity index (χ1n) is 14.8. The van der Waals surface area contributed by atoms with Crippen molar-refractivity contribution in [1.82, 2.24) is 10.2 Å². The number of sulfone groups is 1. The molecule has 1 amide bonds. The number of carboxylic acids is 1. The van der Waals surface area contributed by atoms with Crippen LogP contribution in [0.15, 0.2) is 72.8 Å². The number of amides is 1. The van der Waals surface area contributed by atoms with E-state index in [9.17, 15) is 23.1 Å². The monoisotopic (exact) mass is 606 g/mol. The van der Waals surface area contributed by atoms with Gasteiger partial charge in [-0.2, -0.15) is 0 Å². The van der Waals surface area contributed by atoms with Gasteiger partial charge < -0.3 is 15.2 Å². The minimum Gasteiger partial charge on any atom is -0.480 e. The van der Waals surface area contributed by atoms with E-state index in [-0.39, 0.29) is 18.2 Å². The number of aryl methyl sites for hydroxylation is 1. The van der Waals surface area contributed by atoms with E-state index in [2.05, 4.69) is 29.3 Å². The maximum absolute atomic E-state index is 13.5. The molecule has 3 aromatic carbocycles. The Morgan fingerprint density at radius 2 is 1.74 bits per heavy atom. The van der Waals surface area contributed by atoms with Crippen molar-refractivity contribution < 1.29 is 27.9 Å². The van der Waals surface area contributed by atoms with Crippen LogP contribution in [0.2, 0.25) is 0 Å². The van der Waals surface area contributed by atoms with E-state index in [0.29, 0.717) is 36.8 Å².